The molecule has 0 aliphatic carbocycles. The van der Waals surface area contributed by atoms with Gasteiger partial charge in [0.25, 0.3) is 11.8 Å². The third kappa shape index (κ3) is 19.4. The molecule has 3 aliphatic heterocycles. The van der Waals surface area contributed by atoms with E-state index in [-0.39, 0.29) is 62.7 Å². The van der Waals surface area contributed by atoms with Gasteiger partial charge in [-0.2, -0.15) is 0 Å². The average molecular weight is 1080 g/mol. The number of rotatable bonds is 16. The zero-order chi connectivity index (χ0) is 58.4. The van der Waals surface area contributed by atoms with Gasteiger partial charge in [0.15, 0.2) is 0 Å². The number of hydrogen-bond donors (Lipinski definition) is 0. The van der Waals surface area contributed by atoms with Crippen LogP contribution in [0.3, 0.4) is 0 Å². The summed E-state index contributed by atoms with van der Waals surface area (Å²) in [5.74, 6) is -0.336. The fraction of sp³-hybridized carbons (Fsp3) is 0.375. The number of likely N-dealkylation sites (tertiary alicyclic amines) is 2. The molecule has 79 heavy (non-hydrogen) atoms. The molecule has 0 spiro atoms. The Morgan fingerprint density at radius 2 is 0.949 bits per heavy atom. The number of ether oxygens (including phenoxy) is 5. The summed E-state index contributed by atoms with van der Waals surface area (Å²) in [6.45, 7) is 35.0. The van der Waals surface area contributed by atoms with E-state index in [1.165, 1.54) is 6.08 Å². The Hall–Kier alpha value is -8.04. The van der Waals surface area contributed by atoms with Crippen molar-refractivity contribution in [2.75, 3.05) is 72.7 Å². The fourth-order valence-corrected chi connectivity index (χ4v) is 9.12. The molecule has 3 amide bonds. The molecular weight excluding hydrogens is 1000 g/mol. The number of piperidine rings is 2. The molecule has 3 saturated heterocycles. The van der Waals surface area contributed by atoms with E-state index < -0.39 is 22.5 Å². The van der Waals surface area contributed by atoms with Gasteiger partial charge >= 0.3 is 24.0 Å². The van der Waals surface area contributed by atoms with Crippen molar-refractivity contribution in [3.05, 3.63) is 201 Å². The molecule has 3 aliphatic rings. The molecule has 4 aromatic rings. The van der Waals surface area contributed by atoms with Crippen molar-refractivity contribution in [1.82, 2.24) is 19.6 Å². The molecule has 3 fully saturated rings. The molecule has 15 heteroatoms. The first kappa shape index (κ1) is 65.2. The average Bonchev–Trinajstić information content (AvgIpc) is 3.52. The van der Waals surface area contributed by atoms with Crippen LogP contribution in [0, 0.1) is 17.8 Å². The first-order valence-corrected chi connectivity index (χ1v) is 26.4. The van der Waals surface area contributed by atoms with Gasteiger partial charge in [0.1, 0.15) is 37.7 Å². The normalized spacial score (nSPS) is 19.3. The fourth-order valence-electron chi connectivity index (χ4n) is 9.12. The summed E-state index contributed by atoms with van der Waals surface area (Å²) in [6.07, 6.45) is 7.19. The summed E-state index contributed by atoms with van der Waals surface area (Å²) in [5.41, 5.74) is 2.10. The van der Waals surface area contributed by atoms with Gasteiger partial charge in [-0.1, -0.05) is 116 Å². The molecule has 3 heterocycles. The number of benzene rings is 4. The summed E-state index contributed by atoms with van der Waals surface area (Å²) in [4.78, 5) is 82.5. The monoisotopic (exact) mass is 1080 g/mol. The molecule has 3 unspecified atom stereocenters. The number of carbonyl (C=O) groups is 6. The largest absolute Gasteiger partial charge is 0.497 e. The van der Waals surface area contributed by atoms with E-state index in [4.69, 9.17) is 23.7 Å². The van der Waals surface area contributed by atoms with Crippen LogP contribution in [0.2, 0.25) is 0 Å². The SMILES string of the molecule is C=C.C=C.C=CCOC(=O)C1(C)CCCN(C(=O)OCc2ccccc2)C1.C=CCOC(=O)C1(C)CCCN(C(=O)c2ccc(OC)cc2)C1.C=CCOC(=O)C1(C)CN(C(=O)c2ccc(C)cc2)CCN1Cc1ccccc1. The highest BCUT2D eigenvalue weighted by molar-refractivity contribution is 5.96. The Kier molecular flexibility index (Phi) is 27.5. The lowest BCUT2D eigenvalue weighted by Gasteiger charge is -2.47. The molecule has 7 rings (SSSR count). The predicted octanol–water partition coefficient (Wildman–Crippen LogP) is 10.9. The van der Waals surface area contributed by atoms with Gasteiger partial charge in [-0.25, -0.2) is 9.59 Å². The first-order valence-electron chi connectivity index (χ1n) is 26.4. The van der Waals surface area contributed by atoms with Crippen molar-refractivity contribution in [3.8, 4) is 5.75 Å². The van der Waals surface area contributed by atoms with Crippen molar-refractivity contribution in [1.29, 1.82) is 0 Å². The van der Waals surface area contributed by atoms with Gasteiger partial charge in [-0.05, 0) is 101 Å². The maximum Gasteiger partial charge on any atom is 0.410 e. The minimum atomic E-state index is -0.933. The van der Waals surface area contributed by atoms with E-state index in [2.05, 4.69) is 51.0 Å². The predicted molar refractivity (Wildman–Crippen MR) is 310 cm³/mol. The van der Waals surface area contributed by atoms with Gasteiger partial charge in [0.2, 0.25) is 0 Å². The van der Waals surface area contributed by atoms with Gasteiger partial charge in [-0.3, -0.25) is 24.1 Å². The third-order valence-electron chi connectivity index (χ3n) is 13.5. The van der Waals surface area contributed by atoms with Crippen LogP contribution >= 0.6 is 0 Å². The summed E-state index contributed by atoms with van der Waals surface area (Å²) in [6, 6.07) is 34.1. The highest BCUT2D eigenvalue weighted by Crippen LogP contribution is 2.33. The van der Waals surface area contributed by atoms with Gasteiger partial charge in [0, 0.05) is 63.5 Å². The number of nitrogens with zero attached hydrogens (tertiary/aromatic N) is 4. The van der Waals surface area contributed by atoms with E-state index in [0.29, 0.717) is 69.1 Å². The molecule has 4 aromatic carbocycles. The van der Waals surface area contributed by atoms with Crippen LogP contribution in [0.25, 0.3) is 0 Å². The smallest absolute Gasteiger partial charge is 0.410 e. The van der Waals surface area contributed by atoms with E-state index >= 15 is 0 Å². The van der Waals surface area contributed by atoms with E-state index in [1.54, 1.807) is 58.2 Å². The molecule has 0 saturated carbocycles. The Morgan fingerprint density at radius 1 is 0.519 bits per heavy atom. The lowest BCUT2D eigenvalue weighted by molar-refractivity contribution is -0.160. The maximum atomic E-state index is 13.0. The lowest BCUT2D eigenvalue weighted by atomic mass is 9.81. The highest BCUT2D eigenvalue weighted by atomic mass is 16.6. The zero-order valence-corrected chi connectivity index (χ0v) is 47.2. The summed E-state index contributed by atoms with van der Waals surface area (Å²) >= 11 is 0. The first-order chi connectivity index (χ1) is 38.0. The maximum absolute atomic E-state index is 13.0. The van der Waals surface area contributed by atoms with E-state index in [1.807, 2.05) is 113 Å². The number of aryl methyl sites for hydroxylation is 1. The molecule has 0 radical (unpaired) electrons. The van der Waals surface area contributed by atoms with Crippen molar-refractivity contribution in [2.45, 2.75) is 72.1 Å². The van der Waals surface area contributed by atoms with Crippen LogP contribution in [0.5, 0.6) is 5.75 Å². The number of methoxy groups -OCH3 is 1. The topological polar surface area (TPSA) is 162 Å². The second-order valence-electron chi connectivity index (χ2n) is 19.7. The number of esters is 3. The van der Waals surface area contributed by atoms with E-state index in [9.17, 15) is 28.8 Å². The Morgan fingerprint density at radius 3 is 1.43 bits per heavy atom. The summed E-state index contributed by atoms with van der Waals surface area (Å²) < 4.78 is 26.2. The minimum absolute atomic E-state index is 0.0629. The van der Waals surface area contributed by atoms with Crippen LogP contribution < -0.4 is 4.74 Å². The van der Waals surface area contributed by atoms with Gasteiger partial charge in [-0.15, -0.1) is 26.3 Å². The number of hydrogen-bond acceptors (Lipinski definition) is 12. The number of amides is 3. The second-order valence-corrected chi connectivity index (χ2v) is 19.7. The Balaban J connectivity index is 0.000000304. The standard InChI is InChI=1S/C24H28N2O3.2C18H23NO4.2C2H4/c1-4-16-29-23(28)24(3)18-25(22(27)21-12-10-19(2)11-13-21)14-15-26(24)17-20-8-6-5-7-9-20;1-4-12-23-17(21)18(2)10-5-11-19(13-18)16(20)14-6-8-15(22-3)9-7-14;1-3-12-22-16(20)18(2)10-7-11-19(14-18)17(21)23-13-15-8-5-4-6-9-15;2*1-2/h4-13H,1,14-18H2,2-3H3;4,6-9H,1,5,10-13H2,2-3H3;3-6,8-9H,1,7,10-14H2,2H3;2*1-2H2. The van der Waals surface area contributed by atoms with Crippen molar-refractivity contribution in [3.63, 3.8) is 0 Å². The van der Waals surface area contributed by atoms with Crippen molar-refractivity contribution >= 4 is 35.8 Å². The van der Waals surface area contributed by atoms with Crippen LogP contribution in [0.15, 0.2) is 173 Å². The molecule has 3 atom stereocenters. The number of carbonyl (C=O) groups excluding carboxylic acids is 6. The third-order valence-corrected chi connectivity index (χ3v) is 13.5. The molecule has 0 aromatic heterocycles. The van der Waals surface area contributed by atoms with Gasteiger partial charge < -0.3 is 38.4 Å². The highest BCUT2D eigenvalue weighted by Gasteiger charge is 2.47. The summed E-state index contributed by atoms with van der Waals surface area (Å²) in [7, 11) is 1.59. The number of piperazine rings is 1. The van der Waals surface area contributed by atoms with Gasteiger partial charge in [0.05, 0.1) is 17.9 Å². The zero-order valence-electron chi connectivity index (χ0n) is 47.2. The molecule has 0 N–H and O–H groups in total. The van der Waals surface area contributed by atoms with Crippen molar-refractivity contribution in [2.24, 2.45) is 10.8 Å². The van der Waals surface area contributed by atoms with Crippen LogP contribution in [-0.2, 0) is 46.5 Å². The lowest BCUT2D eigenvalue weighted by Crippen LogP contribution is -2.65. The molecular formula is C64H82N4O11. The summed E-state index contributed by atoms with van der Waals surface area (Å²) in [5, 5.41) is 0. The molecule has 424 valence electrons. The van der Waals surface area contributed by atoms with Crippen LogP contribution in [-0.4, -0.2) is 134 Å². The minimum Gasteiger partial charge on any atom is -0.497 e. The van der Waals surface area contributed by atoms with Crippen LogP contribution in [0.1, 0.15) is 83.9 Å². The quantitative estimate of drug-likeness (QED) is 0.0594. The van der Waals surface area contributed by atoms with E-state index in [0.717, 1.165) is 36.0 Å². The second kappa shape index (κ2) is 33.3. The van der Waals surface area contributed by atoms with Crippen LogP contribution in [0.4, 0.5) is 4.79 Å². The Labute approximate surface area is 468 Å². The van der Waals surface area contributed by atoms with Crippen molar-refractivity contribution < 1.29 is 52.5 Å². The molecule has 15 nitrogen and oxygen atoms in total. The molecule has 0 bridgehead atoms. The Bertz CT molecular complexity index is 2590.